The molecule has 0 aliphatic carbocycles. The van der Waals surface area contributed by atoms with Crippen LogP contribution in [0.15, 0.2) is 42.6 Å². The van der Waals surface area contributed by atoms with Crippen molar-refractivity contribution in [2.24, 2.45) is 5.92 Å². The van der Waals surface area contributed by atoms with E-state index >= 15 is 0 Å². The number of benzene rings is 1. The average Bonchev–Trinajstić information content (AvgIpc) is 2.72. The Labute approximate surface area is 162 Å². The van der Waals surface area contributed by atoms with Crippen LogP contribution < -0.4 is 15.5 Å². The second kappa shape index (κ2) is 8.95. The van der Waals surface area contributed by atoms with Gasteiger partial charge in [-0.15, -0.1) is 0 Å². The van der Waals surface area contributed by atoms with E-state index in [2.05, 4.69) is 26.6 Å². The van der Waals surface area contributed by atoms with Crippen LogP contribution in [0.4, 0.5) is 15.9 Å². The Hall–Kier alpha value is -3.47. The number of aromatic nitrogens is 1. The van der Waals surface area contributed by atoms with Gasteiger partial charge in [0.15, 0.2) is 0 Å². The molecule has 2 N–H and O–H groups in total. The number of hydrogen-bond acceptors (Lipinski definition) is 5. The number of halogens is 1. The quantitative estimate of drug-likeness (QED) is 0.790. The Morgan fingerprint density at radius 1 is 1.21 bits per heavy atom. The minimum absolute atomic E-state index is 0.233. The van der Waals surface area contributed by atoms with Gasteiger partial charge in [0.05, 0.1) is 5.56 Å². The van der Waals surface area contributed by atoms with Crippen LogP contribution in [0.3, 0.4) is 0 Å². The van der Waals surface area contributed by atoms with E-state index in [4.69, 9.17) is 0 Å². The first-order valence-electron chi connectivity index (χ1n) is 9.01. The van der Waals surface area contributed by atoms with E-state index in [0.29, 0.717) is 17.9 Å². The van der Waals surface area contributed by atoms with E-state index in [1.54, 1.807) is 18.3 Å². The zero-order chi connectivity index (χ0) is 19.9. The maximum Gasteiger partial charge on any atom is 0.313 e. The molecule has 1 saturated heterocycles. The number of pyridine rings is 1. The van der Waals surface area contributed by atoms with Gasteiger partial charge in [0.2, 0.25) is 0 Å². The summed E-state index contributed by atoms with van der Waals surface area (Å²) in [6, 6.07) is 11.0. The number of amides is 2. The van der Waals surface area contributed by atoms with Crippen LogP contribution in [0.25, 0.3) is 0 Å². The standard InChI is InChI=1S/C20H20FN5O2/c21-16-4-1-5-17(11-16)25-20(28)19(27)24-13-14-6-9-26(10-7-14)18-15(12-22)3-2-8-23-18/h1-5,8,11,14H,6-7,9-10,13H2,(H,24,27)(H,25,28). The Kier molecular flexibility index (Phi) is 6.17. The molecule has 2 heterocycles. The summed E-state index contributed by atoms with van der Waals surface area (Å²) in [7, 11) is 0. The average molecular weight is 381 g/mol. The molecule has 2 amide bonds. The number of nitriles is 1. The van der Waals surface area contributed by atoms with Crippen molar-refractivity contribution in [3.63, 3.8) is 0 Å². The van der Waals surface area contributed by atoms with Crippen molar-refractivity contribution in [2.75, 3.05) is 29.9 Å². The predicted molar refractivity (Wildman–Crippen MR) is 102 cm³/mol. The van der Waals surface area contributed by atoms with E-state index in [1.165, 1.54) is 18.2 Å². The van der Waals surface area contributed by atoms with Gasteiger partial charge in [-0.3, -0.25) is 9.59 Å². The van der Waals surface area contributed by atoms with Gasteiger partial charge in [-0.05, 0) is 49.1 Å². The molecule has 1 fully saturated rings. The number of carbonyl (C=O) groups excluding carboxylic acids is 2. The van der Waals surface area contributed by atoms with E-state index in [-0.39, 0.29) is 11.6 Å². The summed E-state index contributed by atoms with van der Waals surface area (Å²) in [6.45, 7) is 1.83. The predicted octanol–water partition coefficient (Wildman–Crippen LogP) is 2.06. The summed E-state index contributed by atoms with van der Waals surface area (Å²) in [5.41, 5.74) is 0.778. The molecule has 0 radical (unpaired) electrons. The Morgan fingerprint density at radius 2 is 2.00 bits per heavy atom. The smallest absolute Gasteiger partial charge is 0.313 e. The normalized spacial score (nSPS) is 14.2. The molecular formula is C20H20FN5O2. The monoisotopic (exact) mass is 381 g/mol. The van der Waals surface area contributed by atoms with Gasteiger partial charge in [-0.2, -0.15) is 5.26 Å². The molecule has 0 unspecified atom stereocenters. The highest BCUT2D eigenvalue weighted by Crippen LogP contribution is 2.23. The number of anilines is 2. The van der Waals surface area contributed by atoms with Crippen molar-refractivity contribution in [2.45, 2.75) is 12.8 Å². The summed E-state index contributed by atoms with van der Waals surface area (Å²) in [5.74, 6) is -1.14. The number of piperidine rings is 1. The van der Waals surface area contributed by atoms with E-state index in [1.807, 2.05) is 0 Å². The van der Waals surface area contributed by atoms with Crippen molar-refractivity contribution < 1.29 is 14.0 Å². The molecule has 0 atom stereocenters. The second-order valence-corrected chi connectivity index (χ2v) is 6.59. The molecule has 1 aromatic carbocycles. The van der Waals surface area contributed by atoms with Gasteiger partial charge < -0.3 is 15.5 Å². The topological polar surface area (TPSA) is 98.1 Å². The third kappa shape index (κ3) is 4.82. The Balaban J connectivity index is 1.45. The second-order valence-electron chi connectivity index (χ2n) is 6.59. The maximum atomic E-state index is 13.1. The first kappa shape index (κ1) is 19.3. The van der Waals surface area contributed by atoms with Crippen molar-refractivity contribution in [1.82, 2.24) is 10.3 Å². The fraction of sp³-hybridized carbons (Fsp3) is 0.300. The van der Waals surface area contributed by atoms with E-state index < -0.39 is 17.6 Å². The summed E-state index contributed by atoms with van der Waals surface area (Å²) in [5, 5.41) is 14.2. The fourth-order valence-electron chi connectivity index (χ4n) is 3.16. The highest BCUT2D eigenvalue weighted by atomic mass is 19.1. The zero-order valence-corrected chi connectivity index (χ0v) is 15.2. The summed E-state index contributed by atoms with van der Waals surface area (Å²) in [4.78, 5) is 30.2. The van der Waals surface area contributed by atoms with E-state index in [9.17, 15) is 19.2 Å². The molecule has 1 aliphatic heterocycles. The highest BCUT2D eigenvalue weighted by molar-refractivity contribution is 6.39. The maximum absolute atomic E-state index is 13.1. The molecule has 0 saturated carbocycles. The van der Waals surface area contributed by atoms with Crippen LogP contribution in [0.2, 0.25) is 0 Å². The molecule has 2 aromatic rings. The van der Waals surface area contributed by atoms with Crippen molar-refractivity contribution in [3.05, 3.63) is 54.0 Å². The number of nitrogens with one attached hydrogen (secondary N) is 2. The lowest BCUT2D eigenvalue weighted by molar-refractivity contribution is -0.136. The van der Waals surface area contributed by atoms with Crippen LogP contribution in [0, 0.1) is 23.1 Å². The first-order valence-corrected chi connectivity index (χ1v) is 9.01. The molecule has 1 aromatic heterocycles. The lowest BCUT2D eigenvalue weighted by Crippen LogP contribution is -2.42. The number of hydrogen-bond donors (Lipinski definition) is 2. The summed E-state index contributed by atoms with van der Waals surface area (Å²) in [6.07, 6.45) is 3.29. The summed E-state index contributed by atoms with van der Waals surface area (Å²) < 4.78 is 13.1. The third-order valence-electron chi connectivity index (χ3n) is 4.66. The molecule has 28 heavy (non-hydrogen) atoms. The molecule has 7 nitrogen and oxygen atoms in total. The highest BCUT2D eigenvalue weighted by Gasteiger charge is 2.23. The zero-order valence-electron chi connectivity index (χ0n) is 15.2. The lowest BCUT2D eigenvalue weighted by atomic mass is 9.96. The van der Waals surface area contributed by atoms with Gasteiger partial charge >= 0.3 is 11.8 Å². The van der Waals surface area contributed by atoms with Crippen LogP contribution in [0.1, 0.15) is 18.4 Å². The minimum atomic E-state index is -0.824. The van der Waals surface area contributed by atoms with E-state index in [0.717, 1.165) is 32.0 Å². The van der Waals surface area contributed by atoms with Crippen molar-refractivity contribution in [1.29, 1.82) is 5.26 Å². The summed E-state index contributed by atoms with van der Waals surface area (Å²) >= 11 is 0. The molecule has 3 rings (SSSR count). The first-order chi connectivity index (χ1) is 13.6. The lowest BCUT2D eigenvalue weighted by Gasteiger charge is -2.33. The number of rotatable bonds is 4. The largest absolute Gasteiger partial charge is 0.356 e. The third-order valence-corrected chi connectivity index (χ3v) is 4.66. The van der Waals surface area contributed by atoms with Gasteiger partial charge in [-0.1, -0.05) is 6.07 Å². The van der Waals surface area contributed by atoms with Gasteiger partial charge in [-0.25, -0.2) is 9.37 Å². The Bertz CT molecular complexity index is 903. The molecule has 0 bridgehead atoms. The van der Waals surface area contributed by atoms with Crippen molar-refractivity contribution >= 4 is 23.3 Å². The Morgan fingerprint density at radius 3 is 2.71 bits per heavy atom. The molecular weight excluding hydrogens is 361 g/mol. The van der Waals surface area contributed by atoms with Crippen LogP contribution >= 0.6 is 0 Å². The fourth-order valence-corrected chi connectivity index (χ4v) is 3.16. The number of nitrogens with zero attached hydrogens (tertiary/aromatic N) is 3. The van der Waals surface area contributed by atoms with Gasteiger partial charge in [0.25, 0.3) is 0 Å². The van der Waals surface area contributed by atoms with Gasteiger partial charge in [0, 0.05) is 31.5 Å². The molecule has 0 spiro atoms. The molecule has 8 heteroatoms. The number of carbonyl (C=O) groups is 2. The van der Waals surface area contributed by atoms with Crippen molar-refractivity contribution in [3.8, 4) is 6.07 Å². The molecule has 144 valence electrons. The van der Waals surface area contributed by atoms with Crippen LogP contribution in [0.5, 0.6) is 0 Å². The molecule has 1 aliphatic rings. The SMILES string of the molecule is N#Cc1cccnc1N1CCC(CNC(=O)C(=O)Nc2cccc(F)c2)CC1. The van der Waals surface area contributed by atoms with Crippen LogP contribution in [-0.2, 0) is 9.59 Å². The van der Waals surface area contributed by atoms with Gasteiger partial charge in [0.1, 0.15) is 17.7 Å². The minimum Gasteiger partial charge on any atom is -0.356 e. The van der Waals surface area contributed by atoms with Crippen LogP contribution in [-0.4, -0.2) is 36.4 Å².